The zero-order valence-electron chi connectivity index (χ0n) is 13.8. The van der Waals surface area contributed by atoms with Gasteiger partial charge in [-0.1, -0.05) is 26.0 Å². The van der Waals surface area contributed by atoms with Gasteiger partial charge in [-0.2, -0.15) is 5.10 Å². The molecule has 0 aliphatic carbocycles. The third kappa shape index (κ3) is 4.13. The Kier molecular flexibility index (Phi) is 5.82. The predicted octanol–water partition coefficient (Wildman–Crippen LogP) is 4.19. The SMILES string of the molecule is CCOc1ccc(C(C)NC(=O)c2n[nH]c(C(C)C)c2Br)cc1. The van der Waals surface area contributed by atoms with Crippen LogP contribution >= 0.6 is 15.9 Å². The van der Waals surface area contributed by atoms with Crippen LogP contribution in [-0.4, -0.2) is 22.7 Å². The lowest BCUT2D eigenvalue weighted by atomic mass is 10.1. The van der Waals surface area contributed by atoms with Crippen molar-refractivity contribution in [2.75, 3.05) is 6.61 Å². The van der Waals surface area contributed by atoms with Crippen LogP contribution in [0.3, 0.4) is 0 Å². The average molecular weight is 380 g/mol. The molecule has 23 heavy (non-hydrogen) atoms. The number of hydrogen-bond acceptors (Lipinski definition) is 3. The van der Waals surface area contributed by atoms with Gasteiger partial charge in [0.05, 0.1) is 22.8 Å². The molecule has 0 saturated heterocycles. The summed E-state index contributed by atoms with van der Waals surface area (Å²) in [4.78, 5) is 12.4. The molecule has 0 saturated carbocycles. The van der Waals surface area contributed by atoms with Crippen molar-refractivity contribution in [2.24, 2.45) is 0 Å². The average Bonchev–Trinajstić information content (AvgIpc) is 2.90. The van der Waals surface area contributed by atoms with E-state index in [4.69, 9.17) is 4.74 Å². The maximum atomic E-state index is 12.4. The molecule has 1 unspecified atom stereocenters. The molecule has 1 atom stereocenters. The van der Waals surface area contributed by atoms with Crippen LogP contribution in [0.4, 0.5) is 0 Å². The number of nitrogens with one attached hydrogen (secondary N) is 2. The number of H-pyrrole nitrogens is 1. The number of halogens is 1. The van der Waals surface area contributed by atoms with Crippen LogP contribution in [0.15, 0.2) is 28.7 Å². The van der Waals surface area contributed by atoms with Gasteiger partial charge in [0.2, 0.25) is 0 Å². The van der Waals surface area contributed by atoms with Gasteiger partial charge in [0.1, 0.15) is 5.75 Å². The number of rotatable bonds is 6. The standard InChI is InChI=1S/C17H22BrN3O2/c1-5-23-13-8-6-12(7-9-13)11(4)19-17(22)16-14(18)15(10(2)3)20-21-16/h6-11H,5H2,1-4H3,(H,19,22)(H,20,21). The molecule has 0 radical (unpaired) electrons. The fourth-order valence-electron chi connectivity index (χ4n) is 2.24. The number of hydrogen-bond donors (Lipinski definition) is 2. The molecule has 1 heterocycles. The second kappa shape index (κ2) is 7.64. The van der Waals surface area contributed by atoms with Gasteiger partial charge in [-0.05, 0) is 53.4 Å². The minimum absolute atomic E-state index is 0.121. The zero-order chi connectivity index (χ0) is 17.0. The summed E-state index contributed by atoms with van der Waals surface area (Å²) >= 11 is 3.45. The lowest BCUT2D eigenvalue weighted by Crippen LogP contribution is -2.27. The van der Waals surface area contributed by atoms with Crippen LogP contribution in [0.2, 0.25) is 0 Å². The van der Waals surface area contributed by atoms with E-state index in [9.17, 15) is 4.79 Å². The Balaban J connectivity index is 2.07. The lowest BCUT2D eigenvalue weighted by Gasteiger charge is -2.14. The Morgan fingerprint density at radius 2 is 1.96 bits per heavy atom. The topological polar surface area (TPSA) is 67.0 Å². The molecule has 2 aromatic rings. The number of benzene rings is 1. The Morgan fingerprint density at radius 1 is 1.30 bits per heavy atom. The van der Waals surface area contributed by atoms with Crippen LogP contribution in [0.1, 0.15) is 61.4 Å². The predicted molar refractivity (Wildman–Crippen MR) is 93.9 cm³/mol. The highest BCUT2D eigenvalue weighted by molar-refractivity contribution is 9.10. The molecule has 1 aromatic carbocycles. The third-order valence-electron chi connectivity index (χ3n) is 3.56. The Morgan fingerprint density at radius 3 is 2.48 bits per heavy atom. The highest BCUT2D eigenvalue weighted by Gasteiger charge is 2.20. The Bertz CT molecular complexity index is 665. The number of ether oxygens (including phenoxy) is 1. The number of aromatic nitrogens is 2. The monoisotopic (exact) mass is 379 g/mol. The molecule has 0 bridgehead atoms. The first-order valence-electron chi connectivity index (χ1n) is 7.71. The van der Waals surface area contributed by atoms with Crippen LogP contribution in [-0.2, 0) is 0 Å². The van der Waals surface area contributed by atoms with Gasteiger partial charge in [-0.25, -0.2) is 0 Å². The van der Waals surface area contributed by atoms with E-state index in [2.05, 4.69) is 31.4 Å². The van der Waals surface area contributed by atoms with Gasteiger partial charge in [-0.15, -0.1) is 0 Å². The van der Waals surface area contributed by atoms with E-state index in [0.29, 0.717) is 12.3 Å². The van der Waals surface area contributed by atoms with Crippen LogP contribution < -0.4 is 10.1 Å². The first-order chi connectivity index (χ1) is 10.9. The molecule has 2 rings (SSSR count). The first kappa shape index (κ1) is 17.5. The molecule has 124 valence electrons. The maximum absolute atomic E-state index is 12.4. The summed E-state index contributed by atoms with van der Waals surface area (Å²) in [6, 6.07) is 7.60. The lowest BCUT2D eigenvalue weighted by molar-refractivity contribution is 0.0934. The highest BCUT2D eigenvalue weighted by atomic mass is 79.9. The molecule has 2 N–H and O–H groups in total. The van der Waals surface area contributed by atoms with Crippen molar-refractivity contribution in [1.82, 2.24) is 15.5 Å². The summed E-state index contributed by atoms with van der Waals surface area (Å²) in [7, 11) is 0. The van der Waals surface area contributed by atoms with Crippen molar-refractivity contribution in [3.8, 4) is 5.75 Å². The van der Waals surface area contributed by atoms with E-state index in [0.717, 1.165) is 21.5 Å². The summed E-state index contributed by atoms with van der Waals surface area (Å²) in [5.74, 6) is 0.884. The molecular weight excluding hydrogens is 358 g/mol. The summed E-state index contributed by atoms with van der Waals surface area (Å²) in [6.45, 7) is 8.61. The van der Waals surface area contributed by atoms with Crippen molar-refractivity contribution in [3.05, 3.63) is 45.7 Å². The fourth-order valence-corrected chi connectivity index (χ4v) is 3.06. The van der Waals surface area contributed by atoms with Gasteiger partial charge in [0, 0.05) is 0 Å². The Hall–Kier alpha value is -1.82. The smallest absolute Gasteiger partial charge is 0.273 e. The molecule has 1 amide bonds. The highest BCUT2D eigenvalue weighted by Crippen LogP contribution is 2.26. The number of carbonyl (C=O) groups is 1. The van der Waals surface area contributed by atoms with Crippen LogP contribution in [0.5, 0.6) is 5.75 Å². The zero-order valence-corrected chi connectivity index (χ0v) is 15.4. The molecule has 0 aliphatic heterocycles. The number of aromatic amines is 1. The van der Waals surface area contributed by atoms with E-state index >= 15 is 0 Å². The van der Waals surface area contributed by atoms with E-state index in [1.807, 2.05) is 52.0 Å². The van der Waals surface area contributed by atoms with Crippen LogP contribution in [0, 0.1) is 0 Å². The number of nitrogens with zero attached hydrogens (tertiary/aromatic N) is 1. The van der Waals surface area contributed by atoms with Crippen molar-refractivity contribution in [2.45, 2.75) is 39.7 Å². The Labute approximate surface area is 144 Å². The number of amides is 1. The maximum Gasteiger partial charge on any atom is 0.273 e. The second-order valence-corrected chi connectivity index (χ2v) is 6.44. The minimum Gasteiger partial charge on any atom is -0.494 e. The molecule has 1 aromatic heterocycles. The molecule has 6 heteroatoms. The summed E-state index contributed by atoms with van der Waals surface area (Å²) in [6.07, 6.45) is 0. The van der Waals surface area contributed by atoms with E-state index < -0.39 is 0 Å². The van der Waals surface area contributed by atoms with Gasteiger partial charge >= 0.3 is 0 Å². The van der Waals surface area contributed by atoms with E-state index in [-0.39, 0.29) is 17.9 Å². The van der Waals surface area contributed by atoms with Gasteiger partial charge in [0.15, 0.2) is 5.69 Å². The molecule has 0 spiro atoms. The normalized spacial score (nSPS) is 12.3. The van der Waals surface area contributed by atoms with Gasteiger partial charge in [-0.3, -0.25) is 9.89 Å². The van der Waals surface area contributed by atoms with Crippen molar-refractivity contribution < 1.29 is 9.53 Å². The van der Waals surface area contributed by atoms with Gasteiger partial charge < -0.3 is 10.1 Å². The van der Waals surface area contributed by atoms with Crippen LogP contribution in [0.25, 0.3) is 0 Å². The van der Waals surface area contributed by atoms with Gasteiger partial charge in [0.25, 0.3) is 5.91 Å². The van der Waals surface area contributed by atoms with E-state index in [1.165, 1.54) is 0 Å². The fraction of sp³-hybridized carbons (Fsp3) is 0.412. The summed E-state index contributed by atoms with van der Waals surface area (Å²) in [5.41, 5.74) is 2.31. The first-order valence-corrected chi connectivity index (χ1v) is 8.50. The van der Waals surface area contributed by atoms with Crippen molar-refractivity contribution >= 4 is 21.8 Å². The summed E-state index contributed by atoms with van der Waals surface area (Å²) < 4.78 is 6.15. The minimum atomic E-state index is -0.207. The molecule has 0 aliphatic rings. The van der Waals surface area contributed by atoms with Crippen molar-refractivity contribution in [1.29, 1.82) is 0 Å². The number of carbonyl (C=O) groups excluding carboxylic acids is 1. The largest absolute Gasteiger partial charge is 0.494 e. The quantitative estimate of drug-likeness (QED) is 0.790. The molecule has 0 fully saturated rings. The van der Waals surface area contributed by atoms with Crippen molar-refractivity contribution in [3.63, 3.8) is 0 Å². The second-order valence-electron chi connectivity index (χ2n) is 5.65. The summed E-state index contributed by atoms with van der Waals surface area (Å²) in [5, 5.41) is 10.00. The third-order valence-corrected chi connectivity index (χ3v) is 4.37. The molecular formula is C17H22BrN3O2. The molecule has 5 nitrogen and oxygen atoms in total. The van der Waals surface area contributed by atoms with E-state index in [1.54, 1.807) is 0 Å².